The second-order valence-electron chi connectivity index (χ2n) is 6.95. The number of carbonyl (C=O) groups is 2. The lowest BCUT2D eigenvalue weighted by atomic mass is 9.96. The van der Waals surface area contributed by atoms with Crippen LogP contribution >= 0.6 is 0 Å². The van der Waals surface area contributed by atoms with E-state index >= 15 is 0 Å². The molecule has 4 N–H and O–H groups in total. The van der Waals surface area contributed by atoms with Gasteiger partial charge in [-0.2, -0.15) is 0 Å². The van der Waals surface area contributed by atoms with Crippen LogP contribution in [0.1, 0.15) is 64.0 Å². The molecule has 8 heteroatoms. The van der Waals surface area contributed by atoms with Crippen molar-refractivity contribution in [3.63, 3.8) is 0 Å². The quantitative estimate of drug-likeness (QED) is 0.130. The molecule has 2 rings (SSSR count). The average molecular weight is 442 g/mol. The van der Waals surface area contributed by atoms with Gasteiger partial charge in [0.05, 0.1) is 6.61 Å². The third-order valence-electron chi connectivity index (χ3n) is 4.77. The van der Waals surface area contributed by atoms with Gasteiger partial charge in [0.2, 0.25) is 5.84 Å². The second kappa shape index (κ2) is 15.5. The molecule has 0 saturated carbocycles. The smallest absolute Gasteiger partial charge is 0.305 e. The van der Waals surface area contributed by atoms with E-state index in [9.17, 15) is 9.59 Å². The Hall–Kier alpha value is -3.29. The van der Waals surface area contributed by atoms with E-state index in [2.05, 4.69) is 58.1 Å². The van der Waals surface area contributed by atoms with Gasteiger partial charge in [0.15, 0.2) is 0 Å². The minimum absolute atomic E-state index is 0.184. The molecule has 0 aromatic heterocycles. The lowest BCUT2D eigenvalue weighted by molar-refractivity contribution is -0.143. The van der Waals surface area contributed by atoms with Crippen molar-refractivity contribution >= 4 is 23.3 Å². The van der Waals surface area contributed by atoms with Crippen LogP contribution in [0.15, 0.2) is 52.8 Å². The van der Waals surface area contributed by atoms with Crippen molar-refractivity contribution in [3.8, 4) is 0 Å². The molecule has 0 saturated heterocycles. The van der Waals surface area contributed by atoms with Gasteiger partial charge in [-0.3, -0.25) is 15.0 Å². The van der Waals surface area contributed by atoms with Crippen molar-refractivity contribution in [1.29, 1.82) is 5.41 Å². The largest absolute Gasteiger partial charge is 0.466 e. The Morgan fingerprint density at radius 3 is 2.50 bits per heavy atom. The van der Waals surface area contributed by atoms with Crippen LogP contribution in [0.4, 0.5) is 0 Å². The van der Waals surface area contributed by atoms with Gasteiger partial charge in [-0.1, -0.05) is 61.6 Å². The van der Waals surface area contributed by atoms with Crippen LogP contribution < -0.4 is 11.2 Å². The Balaban J connectivity index is 0.00000249. The molecule has 1 aromatic rings. The number of rotatable bonds is 9. The first-order chi connectivity index (χ1) is 15.5. The van der Waals surface area contributed by atoms with Gasteiger partial charge in [0, 0.05) is 12.5 Å². The van der Waals surface area contributed by atoms with Crippen molar-refractivity contribution in [2.24, 2.45) is 16.2 Å². The van der Waals surface area contributed by atoms with Crippen molar-refractivity contribution in [1.82, 2.24) is 5.32 Å². The minimum atomic E-state index is -0.676. The first kappa shape index (κ1) is 26.7. The van der Waals surface area contributed by atoms with Gasteiger partial charge in [0.1, 0.15) is 0 Å². The standard InChI is InChI=1S/C22H29N5O3.C2H6/c1-2-30-20(28)15-14-19(25-22(29)21(23)26-27-24)13-10-16-8-11-18(12-9-16)17-6-4-3-5-7-17;1-2/h4,6-9,11-12,19H,2-3,5,10,13-15H2,1H3,(H,25,29)(H3,23,24,26);1-2H3/t19-;/m1./s1. The van der Waals surface area contributed by atoms with Crippen LogP contribution in [0, 0.1) is 5.41 Å². The van der Waals surface area contributed by atoms with Crippen LogP contribution in [0.2, 0.25) is 0 Å². The monoisotopic (exact) mass is 441 g/mol. The zero-order valence-corrected chi connectivity index (χ0v) is 19.3. The number of amides is 1. The molecule has 1 amide bonds. The Morgan fingerprint density at radius 1 is 1.19 bits per heavy atom. The Kier molecular flexibility index (Phi) is 13.0. The summed E-state index contributed by atoms with van der Waals surface area (Å²) in [5.41, 5.74) is 3.55. The van der Waals surface area contributed by atoms with E-state index in [0.717, 1.165) is 18.4 Å². The number of allylic oxidation sites excluding steroid dienone is 4. The summed E-state index contributed by atoms with van der Waals surface area (Å²) in [6.07, 6.45) is 10.6. The average Bonchev–Trinajstić information content (AvgIpc) is 2.83. The molecule has 0 heterocycles. The second-order valence-corrected chi connectivity index (χ2v) is 6.95. The fourth-order valence-electron chi connectivity index (χ4n) is 3.20. The number of esters is 1. The molecule has 1 aliphatic carbocycles. The van der Waals surface area contributed by atoms with Crippen LogP contribution in [0.5, 0.6) is 0 Å². The molecule has 8 nitrogen and oxygen atoms in total. The molecule has 174 valence electrons. The maximum atomic E-state index is 12.1. The number of carbonyl (C=O) groups excluding carboxylic acids is 2. The van der Waals surface area contributed by atoms with E-state index in [0.29, 0.717) is 25.9 Å². The molecule has 0 spiro atoms. The maximum Gasteiger partial charge on any atom is 0.305 e. The minimum Gasteiger partial charge on any atom is -0.466 e. The van der Waals surface area contributed by atoms with Crippen molar-refractivity contribution in [2.75, 3.05) is 6.61 Å². The highest BCUT2D eigenvalue weighted by atomic mass is 16.5. The molecule has 0 radical (unpaired) electrons. The van der Waals surface area contributed by atoms with Crippen LogP contribution in [0.3, 0.4) is 0 Å². The fourth-order valence-corrected chi connectivity index (χ4v) is 3.20. The molecule has 1 aromatic carbocycles. The van der Waals surface area contributed by atoms with Crippen LogP contribution in [-0.2, 0) is 20.7 Å². The summed E-state index contributed by atoms with van der Waals surface area (Å²) in [6.45, 7) is 6.06. The third-order valence-corrected chi connectivity index (χ3v) is 4.77. The van der Waals surface area contributed by atoms with Gasteiger partial charge in [0.25, 0.3) is 5.91 Å². The molecule has 0 bridgehead atoms. The van der Waals surface area contributed by atoms with Crippen molar-refractivity contribution < 1.29 is 14.3 Å². The van der Waals surface area contributed by atoms with Crippen LogP contribution in [-0.4, -0.2) is 30.4 Å². The van der Waals surface area contributed by atoms with E-state index in [1.807, 2.05) is 13.8 Å². The van der Waals surface area contributed by atoms with Crippen molar-refractivity contribution in [3.05, 3.63) is 53.6 Å². The topological polar surface area (TPSA) is 130 Å². The highest BCUT2D eigenvalue weighted by Gasteiger charge is 2.18. The van der Waals surface area contributed by atoms with Gasteiger partial charge in [-0.05, 0) is 55.7 Å². The molecular formula is C24H35N5O3. The summed E-state index contributed by atoms with van der Waals surface area (Å²) in [4.78, 5) is 23.8. The molecule has 0 unspecified atom stereocenters. The SMILES string of the molecule is CC.CCOC(=O)CC[C@@H](CCc1ccc(C2=CCCC=C2)cc1)NC(=O)C(=N)N=NN. The summed E-state index contributed by atoms with van der Waals surface area (Å²) >= 11 is 0. The van der Waals surface area contributed by atoms with Gasteiger partial charge >= 0.3 is 5.97 Å². The lowest BCUT2D eigenvalue weighted by Gasteiger charge is -2.18. The number of ether oxygens (including phenoxy) is 1. The van der Waals surface area contributed by atoms with E-state index in [1.165, 1.54) is 11.1 Å². The Morgan fingerprint density at radius 2 is 1.91 bits per heavy atom. The molecule has 0 aliphatic heterocycles. The lowest BCUT2D eigenvalue weighted by Crippen LogP contribution is -2.39. The van der Waals surface area contributed by atoms with E-state index in [1.54, 1.807) is 6.92 Å². The zero-order chi connectivity index (χ0) is 23.8. The number of hydrogen-bond donors (Lipinski definition) is 3. The van der Waals surface area contributed by atoms with E-state index in [4.69, 9.17) is 16.0 Å². The number of nitrogens with zero attached hydrogens (tertiary/aromatic N) is 2. The van der Waals surface area contributed by atoms with Gasteiger partial charge < -0.3 is 15.9 Å². The number of nitrogens with one attached hydrogen (secondary N) is 2. The normalized spacial score (nSPS) is 13.5. The first-order valence-corrected chi connectivity index (χ1v) is 11.2. The van der Waals surface area contributed by atoms with Crippen molar-refractivity contribution in [2.45, 2.75) is 65.3 Å². The third kappa shape index (κ3) is 9.68. The molecule has 32 heavy (non-hydrogen) atoms. The van der Waals surface area contributed by atoms with Gasteiger partial charge in [-0.25, -0.2) is 0 Å². The Bertz CT molecular complexity index is 829. The number of benzene rings is 1. The summed E-state index contributed by atoms with van der Waals surface area (Å²) in [5, 5.41) is 16.5. The number of amidine groups is 1. The molecule has 1 aliphatic rings. The summed E-state index contributed by atoms with van der Waals surface area (Å²) < 4.78 is 4.96. The predicted molar refractivity (Wildman–Crippen MR) is 127 cm³/mol. The van der Waals surface area contributed by atoms with Crippen LogP contribution in [0.25, 0.3) is 5.57 Å². The molecule has 0 fully saturated rings. The Labute approximate surface area is 190 Å². The highest BCUT2D eigenvalue weighted by molar-refractivity contribution is 6.36. The molecular weight excluding hydrogens is 406 g/mol. The summed E-state index contributed by atoms with van der Waals surface area (Å²) in [5.74, 6) is 3.34. The van der Waals surface area contributed by atoms with E-state index in [-0.39, 0.29) is 18.4 Å². The van der Waals surface area contributed by atoms with Gasteiger partial charge in [-0.15, -0.1) is 5.11 Å². The number of aryl methyl sites for hydroxylation is 1. The summed E-state index contributed by atoms with van der Waals surface area (Å²) in [6, 6.07) is 8.04. The highest BCUT2D eigenvalue weighted by Crippen LogP contribution is 2.22. The zero-order valence-electron chi connectivity index (χ0n) is 19.3. The molecule has 1 atom stereocenters. The maximum absolute atomic E-state index is 12.1. The first-order valence-electron chi connectivity index (χ1n) is 11.2. The predicted octanol–water partition coefficient (Wildman–Crippen LogP) is 4.51. The summed E-state index contributed by atoms with van der Waals surface area (Å²) in [7, 11) is 0. The number of hydrogen-bond acceptors (Lipinski definition) is 5. The fraction of sp³-hybridized carbons (Fsp3) is 0.458. The number of nitrogens with two attached hydrogens (primary N) is 1. The van der Waals surface area contributed by atoms with E-state index < -0.39 is 11.7 Å².